The molecular formula is C24H23N3S. The van der Waals surface area contributed by atoms with E-state index < -0.39 is 0 Å². The molecule has 3 nitrogen and oxygen atoms in total. The highest BCUT2D eigenvalue weighted by molar-refractivity contribution is 7.98. The van der Waals surface area contributed by atoms with E-state index in [1.807, 2.05) is 41.1 Å². The molecule has 0 fully saturated rings. The van der Waals surface area contributed by atoms with E-state index in [1.165, 1.54) is 22.3 Å². The van der Waals surface area contributed by atoms with Gasteiger partial charge in [0.1, 0.15) is 0 Å². The van der Waals surface area contributed by atoms with Gasteiger partial charge in [0.2, 0.25) is 5.16 Å². The van der Waals surface area contributed by atoms with Crippen molar-refractivity contribution in [2.75, 3.05) is 0 Å². The van der Waals surface area contributed by atoms with Crippen LogP contribution < -0.4 is 0 Å². The third-order valence-electron chi connectivity index (χ3n) is 4.81. The summed E-state index contributed by atoms with van der Waals surface area (Å²) in [6.07, 6.45) is 0. The molecule has 0 saturated heterocycles. The fourth-order valence-corrected chi connectivity index (χ4v) is 4.47. The summed E-state index contributed by atoms with van der Waals surface area (Å²) < 4.78 is 1.94. The Kier molecular flexibility index (Phi) is 5.31. The first-order valence-electron chi connectivity index (χ1n) is 9.39. The van der Waals surface area contributed by atoms with E-state index >= 15 is 0 Å². The molecule has 0 aliphatic heterocycles. The van der Waals surface area contributed by atoms with Crippen LogP contribution in [0, 0.1) is 20.8 Å². The second-order valence-corrected chi connectivity index (χ2v) is 7.94. The van der Waals surface area contributed by atoms with E-state index in [9.17, 15) is 0 Å². The number of para-hydroxylation sites is 1. The molecule has 0 aliphatic carbocycles. The van der Waals surface area contributed by atoms with Crippen molar-refractivity contribution in [3.63, 3.8) is 0 Å². The van der Waals surface area contributed by atoms with E-state index in [2.05, 4.69) is 57.2 Å². The number of benzene rings is 3. The van der Waals surface area contributed by atoms with Gasteiger partial charge in [0.05, 0.1) is 5.69 Å². The molecular weight excluding hydrogens is 362 g/mol. The lowest BCUT2D eigenvalue weighted by molar-refractivity contribution is 0.839. The van der Waals surface area contributed by atoms with Crippen LogP contribution in [0.25, 0.3) is 17.1 Å². The summed E-state index contributed by atoms with van der Waals surface area (Å²) in [5.41, 5.74) is 7.41. The maximum Gasteiger partial charge on any atom is 0.209 e. The number of aryl methyl sites for hydroxylation is 3. The van der Waals surface area contributed by atoms with Crippen LogP contribution in [-0.2, 0) is 5.75 Å². The summed E-state index contributed by atoms with van der Waals surface area (Å²) in [4.78, 5) is 4.86. The second-order valence-electron chi connectivity index (χ2n) is 7.00. The minimum Gasteiger partial charge on any atom is -0.212 e. The van der Waals surface area contributed by atoms with Crippen molar-refractivity contribution in [2.45, 2.75) is 31.7 Å². The van der Waals surface area contributed by atoms with Crippen molar-refractivity contribution < 1.29 is 0 Å². The first kappa shape index (κ1) is 18.5. The number of aromatic nitrogens is 3. The highest BCUT2D eigenvalue weighted by atomic mass is 32.2. The van der Waals surface area contributed by atoms with Crippen molar-refractivity contribution in [3.05, 3.63) is 95.1 Å². The van der Waals surface area contributed by atoms with Gasteiger partial charge in [0.25, 0.3) is 0 Å². The van der Waals surface area contributed by atoms with Crippen LogP contribution in [0.15, 0.2) is 78.0 Å². The fourth-order valence-electron chi connectivity index (χ4n) is 3.45. The first-order valence-corrected chi connectivity index (χ1v) is 10.4. The lowest BCUT2D eigenvalue weighted by Crippen LogP contribution is -1.99. The molecule has 0 spiro atoms. The number of hydrogen-bond acceptors (Lipinski definition) is 3. The third kappa shape index (κ3) is 3.87. The zero-order valence-corrected chi connectivity index (χ0v) is 17.2. The predicted molar refractivity (Wildman–Crippen MR) is 117 cm³/mol. The molecule has 4 rings (SSSR count). The molecule has 4 aromatic rings. The van der Waals surface area contributed by atoms with Crippen molar-refractivity contribution in [3.8, 4) is 17.1 Å². The largest absolute Gasteiger partial charge is 0.212 e. The number of thioether (sulfide) groups is 1. The average molecular weight is 386 g/mol. The highest BCUT2D eigenvalue weighted by Gasteiger charge is 2.15. The van der Waals surface area contributed by atoms with Gasteiger partial charge < -0.3 is 0 Å². The van der Waals surface area contributed by atoms with Gasteiger partial charge in [-0.15, -0.1) is 5.10 Å². The van der Waals surface area contributed by atoms with Crippen molar-refractivity contribution in [1.82, 2.24) is 14.8 Å². The molecule has 0 unspecified atom stereocenters. The lowest BCUT2D eigenvalue weighted by atomic mass is 10.0. The van der Waals surface area contributed by atoms with Gasteiger partial charge in [-0.2, -0.15) is 0 Å². The second kappa shape index (κ2) is 8.03. The molecule has 3 aromatic carbocycles. The van der Waals surface area contributed by atoms with Crippen LogP contribution in [0.5, 0.6) is 0 Å². The predicted octanol–water partition coefficient (Wildman–Crippen LogP) is 6.15. The topological polar surface area (TPSA) is 30.7 Å². The first-order chi connectivity index (χ1) is 13.6. The summed E-state index contributed by atoms with van der Waals surface area (Å²) in [5.74, 6) is 1.73. The molecule has 140 valence electrons. The van der Waals surface area contributed by atoms with Crippen LogP contribution >= 0.6 is 11.8 Å². The Morgan fingerprint density at radius 2 is 1.43 bits per heavy atom. The van der Waals surface area contributed by atoms with E-state index in [-0.39, 0.29) is 0 Å². The van der Waals surface area contributed by atoms with E-state index in [0.717, 1.165) is 28.0 Å². The zero-order chi connectivity index (χ0) is 19.5. The van der Waals surface area contributed by atoms with Gasteiger partial charge in [0.15, 0.2) is 5.82 Å². The zero-order valence-electron chi connectivity index (χ0n) is 16.4. The summed E-state index contributed by atoms with van der Waals surface area (Å²) in [6.45, 7) is 6.51. The molecule has 0 saturated carbocycles. The Hall–Kier alpha value is -2.85. The average Bonchev–Trinajstić information content (AvgIpc) is 3.13. The quantitative estimate of drug-likeness (QED) is 0.386. The Bertz CT molecular complexity index is 1010. The third-order valence-corrected chi connectivity index (χ3v) is 5.67. The molecule has 0 N–H and O–H groups in total. The summed E-state index contributed by atoms with van der Waals surface area (Å²) in [7, 11) is 0. The maximum absolute atomic E-state index is 4.86. The minimum atomic E-state index is 0.794. The smallest absolute Gasteiger partial charge is 0.209 e. The summed E-state index contributed by atoms with van der Waals surface area (Å²) >= 11 is 1.69. The van der Waals surface area contributed by atoms with Gasteiger partial charge >= 0.3 is 0 Å². The normalized spacial score (nSPS) is 11.0. The van der Waals surface area contributed by atoms with E-state index in [4.69, 9.17) is 10.1 Å². The molecule has 0 radical (unpaired) electrons. The van der Waals surface area contributed by atoms with Crippen LogP contribution in [0.3, 0.4) is 0 Å². The van der Waals surface area contributed by atoms with Gasteiger partial charge in [0, 0.05) is 11.3 Å². The molecule has 4 heteroatoms. The fraction of sp³-hybridized carbons (Fsp3) is 0.167. The van der Waals surface area contributed by atoms with Gasteiger partial charge in [-0.05, 0) is 49.6 Å². The van der Waals surface area contributed by atoms with Crippen molar-refractivity contribution >= 4 is 11.8 Å². The van der Waals surface area contributed by atoms with Gasteiger partial charge in [-0.25, -0.2) is 9.67 Å². The Balaban J connectivity index is 1.68. The van der Waals surface area contributed by atoms with E-state index in [0.29, 0.717) is 0 Å². The minimum absolute atomic E-state index is 0.794. The maximum atomic E-state index is 4.86. The van der Waals surface area contributed by atoms with E-state index in [1.54, 1.807) is 11.8 Å². The van der Waals surface area contributed by atoms with Crippen LogP contribution in [0.2, 0.25) is 0 Å². The Morgan fingerprint density at radius 3 is 2.07 bits per heavy atom. The van der Waals surface area contributed by atoms with Crippen LogP contribution in [0.1, 0.15) is 22.3 Å². The van der Waals surface area contributed by atoms with Crippen LogP contribution in [0.4, 0.5) is 0 Å². The summed E-state index contributed by atoms with van der Waals surface area (Å²) in [6, 6.07) is 24.9. The van der Waals surface area contributed by atoms with Gasteiger partial charge in [-0.3, -0.25) is 0 Å². The van der Waals surface area contributed by atoms with Crippen molar-refractivity contribution in [1.29, 1.82) is 0 Å². The number of rotatable bonds is 5. The standard InChI is InChI=1S/C24H23N3S/c1-17-14-18(2)22(19(3)15-17)16-28-24-25-23(20-10-6-4-7-11-20)27(26-24)21-12-8-5-9-13-21/h4-15H,16H2,1-3H3. The molecule has 0 bridgehead atoms. The van der Waals surface area contributed by atoms with Gasteiger partial charge in [-0.1, -0.05) is 78.0 Å². The molecule has 0 amide bonds. The van der Waals surface area contributed by atoms with Crippen LogP contribution in [-0.4, -0.2) is 14.8 Å². The molecule has 1 heterocycles. The molecule has 28 heavy (non-hydrogen) atoms. The highest BCUT2D eigenvalue weighted by Crippen LogP contribution is 2.28. The SMILES string of the molecule is Cc1cc(C)c(CSc2nc(-c3ccccc3)n(-c3ccccc3)n2)c(C)c1. The Morgan fingerprint density at radius 1 is 0.821 bits per heavy atom. The monoisotopic (exact) mass is 385 g/mol. The molecule has 0 aliphatic rings. The molecule has 0 atom stereocenters. The summed E-state index contributed by atoms with van der Waals surface area (Å²) in [5, 5.41) is 5.61. The number of hydrogen-bond donors (Lipinski definition) is 0. The Labute approximate surface area is 170 Å². The van der Waals surface area contributed by atoms with Crippen molar-refractivity contribution in [2.24, 2.45) is 0 Å². The number of nitrogens with zero attached hydrogens (tertiary/aromatic N) is 3. The lowest BCUT2D eigenvalue weighted by Gasteiger charge is -2.09. The molecule has 1 aromatic heterocycles.